The van der Waals surface area contributed by atoms with E-state index in [-0.39, 0.29) is 12.6 Å². The summed E-state index contributed by atoms with van der Waals surface area (Å²) in [5.41, 5.74) is 2.57. The van der Waals surface area contributed by atoms with Crippen molar-refractivity contribution in [2.75, 3.05) is 6.54 Å². The van der Waals surface area contributed by atoms with Crippen molar-refractivity contribution in [3.63, 3.8) is 0 Å². The Morgan fingerprint density at radius 1 is 1.31 bits per heavy atom. The molecule has 0 aromatic heterocycles. The fourth-order valence-electron chi connectivity index (χ4n) is 1.60. The molecule has 3 nitrogen and oxygen atoms in total. The fraction of sp³-hybridized carbons (Fsp3) is 0.462. The molecule has 0 heterocycles. The summed E-state index contributed by atoms with van der Waals surface area (Å²) in [5.74, 6) is -0.812. The highest BCUT2D eigenvalue weighted by molar-refractivity contribution is 5.69. The molecule has 1 atom stereocenters. The molecule has 3 heteroatoms. The van der Waals surface area contributed by atoms with E-state index in [0.717, 1.165) is 12.8 Å². The predicted octanol–water partition coefficient (Wildman–Crippen LogP) is 1.85. The van der Waals surface area contributed by atoms with Crippen LogP contribution in [0.2, 0.25) is 0 Å². The Bertz CT molecular complexity index is 332. The average Bonchev–Trinajstić information content (AvgIpc) is 2.27. The first-order chi connectivity index (χ1) is 7.61. The molecule has 0 aliphatic carbocycles. The number of aryl methyl sites for hydroxylation is 1. The van der Waals surface area contributed by atoms with E-state index in [4.69, 9.17) is 5.11 Å². The van der Waals surface area contributed by atoms with Crippen molar-refractivity contribution in [3.8, 4) is 0 Å². The first kappa shape index (κ1) is 12.7. The van der Waals surface area contributed by atoms with Crippen LogP contribution in [0.1, 0.15) is 25.0 Å². The molecule has 0 saturated carbocycles. The molecule has 1 aromatic carbocycles. The number of benzene rings is 1. The Morgan fingerprint density at radius 3 is 2.38 bits per heavy atom. The molecule has 0 aliphatic heterocycles. The molecule has 2 N–H and O–H groups in total. The number of hydrogen-bond acceptors (Lipinski definition) is 2. The largest absolute Gasteiger partial charge is 0.480 e. The molecule has 0 amide bonds. The van der Waals surface area contributed by atoms with Crippen molar-refractivity contribution in [1.29, 1.82) is 0 Å². The van der Waals surface area contributed by atoms with Crippen LogP contribution in [0.3, 0.4) is 0 Å². The predicted molar refractivity (Wildman–Crippen MR) is 64.6 cm³/mol. The second kappa shape index (κ2) is 6.28. The van der Waals surface area contributed by atoms with Gasteiger partial charge in [0, 0.05) is 6.04 Å². The minimum absolute atomic E-state index is 0.0220. The summed E-state index contributed by atoms with van der Waals surface area (Å²) < 4.78 is 0. The second-order valence-corrected chi connectivity index (χ2v) is 4.05. The van der Waals surface area contributed by atoms with Crippen LogP contribution in [-0.2, 0) is 17.6 Å². The summed E-state index contributed by atoms with van der Waals surface area (Å²) in [4.78, 5) is 10.4. The number of carboxylic acids is 1. The molecule has 1 rings (SSSR count). The van der Waals surface area contributed by atoms with Crippen molar-refractivity contribution in [2.24, 2.45) is 0 Å². The highest BCUT2D eigenvalue weighted by atomic mass is 16.4. The summed E-state index contributed by atoms with van der Waals surface area (Å²) in [6.07, 6.45) is 1.91. The summed E-state index contributed by atoms with van der Waals surface area (Å²) in [7, 11) is 0. The summed E-state index contributed by atoms with van der Waals surface area (Å²) >= 11 is 0. The molecule has 1 unspecified atom stereocenters. The highest BCUT2D eigenvalue weighted by Crippen LogP contribution is 2.07. The first-order valence-electron chi connectivity index (χ1n) is 5.64. The lowest BCUT2D eigenvalue weighted by Crippen LogP contribution is -2.32. The van der Waals surface area contributed by atoms with Crippen molar-refractivity contribution in [3.05, 3.63) is 35.4 Å². The quantitative estimate of drug-likeness (QED) is 0.770. The highest BCUT2D eigenvalue weighted by Gasteiger charge is 2.04. The third-order valence-electron chi connectivity index (χ3n) is 2.57. The maximum absolute atomic E-state index is 10.4. The fourth-order valence-corrected chi connectivity index (χ4v) is 1.60. The van der Waals surface area contributed by atoms with Gasteiger partial charge in [-0.15, -0.1) is 0 Å². The third kappa shape index (κ3) is 4.45. The van der Waals surface area contributed by atoms with Gasteiger partial charge in [0.05, 0.1) is 6.54 Å². The Balaban J connectivity index is 2.43. The molecule has 0 saturated heterocycles. The van der Waals surface area contributed by atoms with E-state index in [1.54, 1.807) is 0 Å². The van der Waals surface area contributed by atoms with Crippen LogP contribution in [0.25, 0.3) is 0 Å². The van der Waals surface area contributed by atoms with Gasteiger partial charge in [-0.2, -0.15) is 0 Å². The Kier molecular flexibility index (Phi) is 4.99. The number of carbonyl (C=O) groups is 1. The van der Waals surface area contributed by atoms with Crippen molar-refractivity contribution < 1.29 is 9.90 Å². The van der Waals surface area contributed by atoms with Gasteiger partial charge in [-0.3, -0.25) is 4.79 Å². The lowest BCUT2D eigenvalue weighted by atomic mass is 10.0. The number of aliphatic carboxylic acids is 1. The van der Waals surface area contributed by atoms with Crippen LogP contribution in [-0.4, -0.2) is 23.7 Å². The lowest BCUT2D eigenvalue weighted by Gasteiger charge is -2.12. The summed E-state index contributed by atoms with van der Waals surface area (Å²) in [6.45, 7) is 4.15. The van der Waals surface area contributed by atoms with E-state index in [1.165, 1.54) is 11.1 Å². The van der Waals surface area contributed by atoms with Crippen LogP contribution >= 0.6 is 0 Å². The van der Waals surface area contributed by atoms with Gasteiger partial charge in [0.1, 0.15) is 0 Å². The zero-order chi connectivity index (χ0) is 12.0. The number of nitrogens with one attached hydrogen (secondary N) is 1. The average molecular weight is 221 g/mol. The monoisotopic (exact) mass is 221 g/mol. The van der Waals surface area contributed by atoms with Gasteiger partial charge >= 0.3 is 5.97 Å². The van der Waals surface area contributed by atoms with Gasteiger partial charge in [-0.25, -0.2) is 0 Å². The molecular weight excluding hydrogens is 202 g/mol. The molecule has 0 spiro atoms. The van der Waals surface area contributed by atoms with Crippen LogP contribution < -0.4 is 5.32 Å². The smallest absolute Gasteiger partial charge is 0.317 e. The van der Waals surface area contributed by atoms with Gasteiger partial charge < -0.3 is 10.4 Å². The van der Waals surface area contributed by atoms with Gasteiger partial charge in [-0.1, -0.05) is 31.2 Å². The first-order valence-corrected chi connectivity index (χ1v) is 5.64. The topological polar surface area (TPSA) is 49.3 Å². The van der Waals surface area contributed by atoms with Crippen LogP contribution in [0, 0.1) is 0 Å². The molecule has 0 bridgehead atoms. The van der Waals surface area contributed by atoms with Crippen LogP contribution in [0.15, 0.2) is 24.3 Å². The minimum atomic E-state index is -0.812. The van der Waals surface area contributed by atoms with Gasteiger partial charge in [0.2, 0.25) is 0 Å². The van der Waals surface area contributed by atoms with E-state index >= 15 is 0 Å². The Labute approximate surface area is 96.5 Å². The zero-order valence-electron chi connectivity index (χ0n) is 9.86. The van der Waals surface area contributed by atoms with Crippen molar-refractivity contribution in [1.82, 2.24) is 5.32 Å². The normalized spacial score (nSPS) is 12.4. The number of carboxylic acid groups (broad SMARTS) is 1. The molecule has 16 heavy (non-hydrogen) atoms. The molecule has 0 fully saturated rings. The van der Waals surface area contributed by atoms with E-state index in [1.807, 2.05) is 6.92 Å². The minimum Gasteiger partial charge on any atom is -0.480 e. The Hall–Kier alpha value is -1.35. The van der Waals surface area contributed by atoms with E-state index in [0.29, 0.717) is 0 Å². The molecule has 0 radical (unpaired) electrons. The van der Waals surface area contributed by atoms with E-state index < -0.39 is 5.97 Å². The van der Waals surface area contributed by atoms with Crippen LogP contribution in [0.5, 0.6) is 0 Å². The molecule has 1 aromatic rings. The second-order valence-electron chi connectivity index (χ2n) is 4.05. The summed E-state index contributed by atoms with van der Waals surface area (Å²) in [5, 5.41) is 11.5. The van der Waals surface area contributed by atoms with E-state index in [2.05, 4.69) is 36.5 Å². The lowest BCUT2D eigenvalue weighted by molar-refractivity contribution is -0.136. The maximum atomic E-state index is 10.4. The van der Waals surface area contributed by atoms with Gasteiger partial charge in [-0.05, 0) is 30.9 Å². The zero-order valence-corrected chi connectivity index (χ0v) is 9.86. The third-order valence-corrected chi connectivity index (χ3v) is 2.57. The van der Waals surface area contributed by atoms with E-state index in [9.17, 15) is 4.79 Å². The standard InChI is InChI=1S/C13H19NO2/c1-3-11-4-6-12(7-5-11)8-10(2)14-9-13(15)16/h4-7,10,14H,3,8-9H2,1-2H3,(H,15,16). The molecule has 88 valence electrons. The number of rotatable bonds is 6. The summed E-state index contributed by atoms with van der Waals surface area (Å²) in [6, 6.07) is 8.65. The molecule has 0 aliphatic rings. The van der Waals surface area contributed by atoms with Crippen molar-refractivity contribution >= 4 is 5.97 Å². The van der Waals surface area contributed by atoms with Gasteiger partial charge in [0.25, 0.3) is 0 Å². The molecular formula is C13H19NO2. The van der Waals surface area contributed by atoms with Gasteiger partial charge in [0.15, 0.2) is 0 Å². The SMILES string of the molecule is CCc1ccc(CC(C)NCC(=O)O)cc1. The Morgan fingerprint density at radius 2 is 1.88 bits per heavy atom. The van der Waals surface area contributed by atoms with Crippen LogP contribution in [0.4, 0.5) is 0 Å². The maximum Gasteiger partial charge on any atom is 0.317 e. The number of hydrogen-bond donors (Lipinski definition) is 2. The van der Waals surface area contributed by atoms with Crippen molar-refractivity contribution in [2.45, 2.75) is 32.7 Å².